The second-order valence-electron chi connectivity index (χ2n) is 3.03. The SMILES string of the molecule is COC(C(C)N=O)C(N)C(CN)N=O. The van der Waals surface area contributed by atoms with Crippen molar-refractivity contribution in [1.82, 2.24) is 0 Å². The third kappa shape index (κ3) is 3.09. The summed E-state index contributed by atoms with van der Waals surface area (Å²) in [5, 5.41) is 5.56. The molecule has 0 aromatic carbocycles. The predicted molar refractivity (Wildman–Crippen MR) is 52.7 cm³/mol. The lowest BCUT2D eigenvalue weighted by Gasteiger charge is -2.26. The Morgan fingerprint density at radius 3 is 2.21 bits per heavy atom. The van der Waals surface area contributed by atoms with Crippen LogP contribution in [0.25, 0.3) is 0 Å². The van der Waals surface area contributed by atoms with Gasteiger partial charge < -0.3 is 16.2 Å². The molecule has 0 aliphatic heterocycles. The first-order valence-corrected chi connectivity index (χ1v) is 4.25. The van der Waals surface area contributed by atoms with Gasteiger partial charge in [0.2, 0.25) is 0 Å². The van der Waals surface area contributed by atoms with Crippen LogP contribution in [0.15, 0.2) is 10.4 Å². The molecule has 0 heterocycles. The summed E-state index contributed by atoms with van der Waals surface area (Å²) in [6, 6.07) is -2.11. The summed E-state index contributed by atoms with van der Waals surface area (Å²) in [5.41, 5.74) is 11.0. The van der Waals surface area contributed by atoms with E-state index in [0.717, 1.165) is 0 Å². The highest BCUT2D eigenvalue weighted by Gasteiger charge is 2.31. The number of hydrogen-bond donors (Lipinski definition) is 2. The zero-order valence-corrected chi connectivity index (χ0v) is 8.29. The van der Waals surface area contributed by atoms with Crippen LogP contribution >= 0.6 is 0 Å². The number of rotatable bonds is 7. The van der Waals surface area contributed by atoms with Crippen molar-refractivity contribution in [2.75, 3.05) is 13.7 Å². The van der Waals surface area contributed by atoms with Crippen molar-refractivity contribution in [3.8, 4) is 0 Å². The largest absolute Gasteiger partial charge is 0.377 e. The van der Waals surface area contributed by atoms with Gasteiger partial charge in [0.15, 0.2) is 0 Å². The fourth-order valence-corrected chi connectivity index (χ4v) is 1.23. The molecule has 0 rings (SSSR count). The minimum absolute atomic E-state index is 0.0239. The minimum Gasteiger partial charge on any atom is -0.377 e. The Hall–Kier alpha value is -0.920. The number of ether oxygens (including phenoxy) is 1. The van der Waals surface area contributed by atoms with Gasteiger partial charge in [-0.3, -0.25) is 0 Å². The van der Waals surface area contributed by atoms with Gasteiger partial charge >= 0.3 is 0 Å². The van der Waals surface area contributed by atoms with Crippen molar-refractivity contribution >= 4 is 0 Å². The van der Waals surface area contributed by atoms with Gasteiger partial charge in [0.1, 0.15) is 12.1 Å². The Morgan fingerprint density at radius 1 is 1.36 bits per heavy atom. The second-order valence-corrected chi connectivity index (χ2v) is 3.03. The van der Waals surface area contributed by atoms with Gasteiger partial charge in [-0.25, -0.2) is 0 Å². The molecule has 82 valence electrons. The highest BCUT2D eigenvalue weighted by atomic mass is 16.5. The average Bonchev–Trinajstić information content (AvgIpc) is 2.20. The van der Waals surface area contributed by atoms with E-state index in [9.17, 15) is 9.81 Å². The average molecular weight is 204 g/mol. The van der Waals surface area contributed by atoms with Crippen LogP contribution in [0.3, 0.4) is 0 Å². The van der Waals surface area contributed by atoms with E-state index in [-0.39, 0.29) is 6.54 Å². The van der Waals surface area contributed by atoms with Crippen molar-refractivity contribution < 1.29 is 4.74 Å². The summed E-state index contributed by atoms with van der Waals surface area (Å²) in [7, 11) is 1.39. The van der Waals surface area contributed by atoms with E-state index < -0.39 is 24.2 Å². The zero-order valence-electron chi connectivity index (χ0n) is 8.29. The molecule has 0 bridgehead atoms. The van der Waals surface area contributed by atoms with Crippen LogP contribution in [0.5, 0.6) is 0 Å². The van der Waals surface area contributed by atoms with Crippen molar-refractivity contribution in [2.45, 2.75) is 31.2 Å². The molecule has 7 heteroatoms. The van der Waals surface area contributed by atoms with Gasteiger partial charge in [0.25, 0.3) is 0 Å². The van der Waals surface area contributed by atoms with Gasteiger partial charge in [-0.15, -0.1) is 0 Å². The standard InChI is InChI=1S/C7H16N4O3/c1-4(10-12)7(14-2)6(9)5(3-8)11-13/h4-7H,3,8-9H2,1-2H3. The Kier molecular flexibility index (Phi) is 6.09. The van der Waals surface area contributed by atoms with Crippen LogP contribution in [-0.2, 0) is 4.74 Å². The normalized spacial score (nSPS) is 19.4. The summed E-state index contributed by atoms with van der Waals surface area (Å²) in [4.78, 5) is 20.6. The molecule has 4 atom stereocenters. The summed E-state index contributed by atoms with van der Waals surface area (Å²) >= 11 is 0. The molecule has 14 heavy (non-hydrogen) atoms. The molecule has 0 spiro atoms. The summed E-state index contributed by atoms with van der Waals surface area (Å²) in [6.07, 6.45) is -0.640. The van der Waals surface area contributed by atoms with Gasteiger partial charge in [-0.2, -0.15) is 9.81 Å². The number of nitrogens with two attached hydrogens (primary N) is 2. The van der Waals surface area contributed by atoms with Crippen molar-refractivity contribution in [2.24, 2.45) is 21.8 Å². The topological polar surface area (TPSA) is 120 Å². The molecule has 0 aliphatic carbocycles. The lowest BCUT2D eigenvalue weighted by molar-refractivity contribution is 0.0574. The fraction of sp³-hybridized carbons (Fsp3) is 1.00. The van der Waals surface area contributed by atoms with Crippen LogP contribution < -0.4 is 11.5 Å². The molecule has 0 amide bonds. The highest BCUT2D eigenvalue weighted by Crippen LogP contribution is 2.10. The Morgan fingerprint density at radius 2 is 1.93 bits per heavy atom. The molecule has 0 saturated carbocycles. The lowest BCUT2D eigenvalue weighted by Crippen LogP contribution is -2.51. The van der Waals surface area contributed by atoms with E-state index in [1.54, 1.807) is 6.92 Å². The molecule has 4 N–H and O–H groups in total. The van der Waals surface area contributed by atoms with Crippen LogP contribution in [0.1, 0.15) is 6.92 Å². The first-order chi connectivity index (χ1) is 6.62. The molecule has 0 aromatic heterocycles. The Balaban J connectivity index is 4.49. The van der Waals surface area contributed by atoms with Gasteiger partial charge in [0.05, 0.1) is 12.1 Å². The van der Waals surface area contributed by atoms with Crippen molar-refractivity contribution in [3.05, 3.63) is 9.81 Å². The molecule has 0 fully saturated rings. The maximum absolute atomic E-state index is 10.3. The number of nitrogens with zero attached hydrogens (tertiary/aromatic N) is 2. The van der Waals surface area contributed by atoms with Gasteiger partial charge in [0, 0.05) is 13.7 Å². The molecule has 4 unspecified atom stereocenters. The maximum Gasteiger partial charge on any atom is 0.122 e. The molecule has 0 saturated heterocycles. The van der Waals surface area contributed by atoms with Gasteiger partial charge in [-0.05, 0) is 6.92 Å². The third-order valence-corrected chi connectivity index (χ3v) is 2.11. The van der Waals surface area contributed by atoms with Crippen LogP contribution in [0, 0.1) is 9.81 Å². The quantitative estimate of drug-likeness (QED) is 0.545. The van der Waals surface area contributed by atoms with E-state index in [1.165, 1.54) is 7.11 Å². The zero-order chi connectivity index (χ0) is 11.1. The van der Waals surface area contributed by atoms with Crippen LogP contribution in [-0.4, -0.2) is 37.9 Å². The first kappa shape index (κ1) is 13.1. The van der Waals surface area contributed by atoms with E-state index in [0.29, 0.717) is 0 Å². The van der Waals surface area contributed by atoms with E-state index in [1.807, 2.05) is 0 Å². The summed E-state index contributed by atoms with van der Waals surface area (Å²) in [6.45, 7) is 1.58. The third-order valence-electron chi connectivity index (χ3n) is 2.11. The lowest BCUT2D eigenvalue weighted by atomic mass is 9.99. The Bertz CT molecular complexity index is 190. The summed E-state index contributed by atoms with van der Waals surface area (Å²) in [5.74, 6) is 0. The smallest absolute Gasteiger partial charge is 0.122 e. The van der Waals surface area contributed by atoms with Crippen molar-refractivity contribution in [3.63, 3.8) is 0 Å². The molecule has 0 radical (unpaired) electrons. The van der Waals surface area contributed by atoms with Crippen LogP contribution in [0.2, 0.25) is 0 Å². The van der Waals surface area contributed by atoms with E-state index in [4.69, 9.17) is 16.2 Å². The van der Waals surface area contributed by atoms with Crippen LogP contribution in [0.4, 0.5) is 0 Å². The van der Waals surface area contributed by atoms with E-state index >= 15 is 0 Å². The predicted octanol–water partition coefficient (Wildman–Crippen LogP) is -0.423. The number of nitroso groups, excluding NO2 is 2. The molecule has 7 nitrogen and oxygen atoms in total. The number of hydrogen-bond acceptors (Lipinski definition) is 7. The molecular formula is C7H16N4O3. The highest BCUT2D eigenvalue weighted by molar-refractivity contribution is 4.91. The maximum atomic E-state index is 10.3. The Labute approximate surface area is 82.1 Å². The minimum atomic E-state index is -0.760. The number of methoxy groups -OCH3 is 1. The summed E-state index contributed by atoms with van der Waals surface area (Å²) < 4.78 is 4.98. The van der Waals surface area contributed by atoms with Gasteiger partial charge in [-0.1, -0.05) is 10.4 Å². The molecule has 0 aliphatic rings. The monoisotopic (exact) mass is 204 g/mol. The van der Waals surface area contributed by atoms with E-state index in [2.05, 4.69) is 10.4 Å². The first-order valence-electron chi connectivity index (χ1n) is 4.25. The fourth-order valence-electron chi connectivity index (χ4n) is 1.23. The molecular weight excluding hydrogens is 188 g/mol. The second kappa shape index (κ2) is 6.52. The molecule has 0 aromatic rings. The van der Waals surface area contributed by atoms with Crippen molar-refractivity contribution in [1.29, 1.82) is 0 Å².